The molecule has 0 heterocycles. The second-order valence-corrected chi connectivity index (χ2v) is 4.04. The molecule has 0 aromatic rings. The lowest BCUT2D eigenvalue weighted by molar-refractivity contribution is 0.175. The molecule has 0 saturated carbocycles. The number of nitrogens with two attached hydrogens (primary N) is 1. The van der Waals surface area contributed by atoms with Gasteiger partial charge in [0.15, 0.2) is 0 Å². The Hall–Kier alpha value is -1.05. The van der Waals surface area contributed by atoms with Gasteiger partial charge in [0.25, 0.3) is 0 Å². The zero-order chi connectivity index (χ0) is 11.9. The number of hydrogen-bond donors (Lipinski definition) is 2. The van der Waals surface area contributed by atoms with E-state index in [1.807, 2.05) is 0 Å². The van der Waals surface area contributed by atoms with Crippen molar-refractivity contribution in [2.45, 2.75) is 13.0 Å². The topological polar surface area (TPSA) is 90.7 Å². The Kier molecular flexibility index (Phi) is 5.99. The van der Waals surface area contributed by atoms with Gasteiger partial charge in [0.05, 0.1) is 18.5 Å². The zero-order valence-electron chi connectivity index (χ0n) is 8.60. The largest absolute Gasteiger partial charge is 0.400 e. The molecule has 0 saturated heterocycles. The number of nitrogens with one attached hydrogen (secondary N) is 1. The van der Waals surface area contributed by atoms with Crippen LogP contribution < -0.4 is 11.1 Å². The van der Waals surface area contributed by atoms with Gasteiger partial charge in [-0.15, -0.1) is 6.58 Å². The average molecular weight is 236 g/mol. The van der Waals surface area contributed by atoms with Crippen LogP contribution in [0.1, 0.15) is 6.92 Å². The molecule has 0 rings (SSSR count). The van der Waals surface area contributed by atoms with E-state index in [0.29, 0.717) is 0 Å². The molecule has 0 amide bonds. The van der Waals surface area contributed by atoms with E-state index in [4.69, 9.17) is 5.73 Å². The minimum absolute atomic E-state index is 0.119. The molecule has 88 valence electrons. The van der Waals surface area contributed by atoms with Gasteiger partial charge in [-0.2, -0.15) is 8.42 Å². The second kappa shape index (κ2) is 6.44. The molecule has 7 heteroatoms. The third kappa shape index (κ3) is 7.98. The van der Waals surface area contributed by atoms with E-state index in [1.165, 1.54) is 6.08 Å². The fourth-order valence-electron chi connectivity index (χ4n) is 0.669. The molecule has 1 atom stereocenters. The SMILES string of the molecule is C=CCOS(=O)(=O)OC(C)CNC(=C)N. The van der Waals surface area contributed by atoms with E-state index >= 15 is 0 Å². The van der Waals surface area contributed by atoms with Crippen LogP contribution in [0.4, 0.5) is 0 Å². The summed E-state index contributed by atoms with van der Waals surface area (Å²) in [6.45, 7) is 8.38. The summed E-state index contributed by atoms with van der Waals surface area (Å²) in [4.78, 5) is 0. The first-order valence-electron chi connectivity index (χ1n) is 4.24. The van der Waals surface area contributed by atoms with Crippen LogP contribution in [0, 0.1) is 0 Å². The van der Waals surface area contributed by atoms with Crippen molar-refractivity contribution >= 4 is 10.4 Å². The molecule has 0 bridgehead atoms. The molecule has 0 fully saturated rings. The maximum Gasteiger partial charge on any atom is 0.400 e. The van der Waals surface area contributed by atoms with Gasteiger partial charge < -0.3 is 11.1 Å². The van der Waals surface area contributed by atoms with Crippen molar-refractivity contribution in [3.63, 3.8) is 0 Å². The predicted octanol–water partition coefficient (Wildman–Crippen LogP) is -0.142. The molecule has 0 spiro atoms. The first-order chi connectivity index (χ1) is 6.87. The summed E-state index contributed by atoms with van der Waals surface area (Å²) in [5.74, 6) is 0.245. The summed E-state index contributed by atoms with van der Waals surface area (Å²) in [5, 5.41) is 2.64. The van der Waals surface area contributed by atoms with Crippen molar-refractivity contribution in [3.8, 4) is 0 Å². The quantitative estimate of drug-likeness (QED) is 0.570. The van der Waals surface area contributed by atoms with Crippen LogP contribution in [-0.2, 0) is 18.8 Å². The van der Waals surface area contributed by atoms with E-state index in [2.05, 4.69) is 26.8 Å². The summed E-state index contributed by atoms with van der Waals surface area (Å²) in [7, 11) is -3.97. The molecule has 0 aliphatic heterocycles. The highest BCUT2D eigenvalue weighted by Crippen LogP contribution is 2.01. The Morgan fingerprint density at radius 2 is 2.27 bits per heavy atom. The average Bonchev–Trinajstić information content (AvgIpc) is 2.11. The van der Waals surface area contributed by atoms with Crippen molar-refractivity contribution in [3.05, 3.63) is 25.1 Å². The second-order valence-electron chi connectivity index (χ2n) is 2.79. The van der Waals surface area contributed by atoms with E-state index in [-0.39, 0.29) is 19.0 Å². The molecular formula is C8H16N2O4S. The lowest BCUT2D eigenvalue weighted by atomic mass is 10.4. The van der Waals surface area contributed by atoms with E-state index in [0.717, 1.165) is 0 Å². The normalized spacial score (nSPS) is 13.1. The standard InChI is InChI=1S/C8H16N2O4S/c1-4-5-13-15(11,12)14-7(2)6-10-8(3)9/h4,7,10H,1,3,5-6,9H2,2H3. The highest BCUT2D eigenvalue weighted by Gasteiger charge is 2.15. The summed E-state index contributed by atoms with van der Waals surface area (Å²) in [5.41, 5.74) is 5.23. The van der Waals surface area contributed by atoms with Gasteiger partial charge in [0.2, 0.25) is 0 Å². The summed E-state index contributed by atoms with van der Waals surface area (Å²) in [6, 6.07) is 0. The number of rotatable bonds is 8. The molecule has 15 heavy (non-hydrogen) atoms. The monoisotopic (exact) mass is 236 g/mol. The van der Waals surface area contributed by atoms with Crippen molar-refractivity contribution < 1.29 is 16.8 Å². The third-order valence-corrected chi connectivity index (χ3v) is 2.22. The smallest absolute Gasteiger partial charge is 0.386 e. The molecule has 1 unspecified atom stereocenters. The van der Waals surface area contributed by atoms with E-state index in [9.17, 15) is 8.42 Å². The van der Waals surface area contributed by atoms with Gasteiger partial charge in [-0.1, -0.05) is 12.7 Å². The van der Waals surface area contributed by atoms with Crippen LogP contribution in [0.15, 0.2) is 25.1 Å². The molecule has 6 nitrogen and oxygen atoms in total. The van der Waals surface area contributed by atoms with E-state index < -0.39 is 16.5 Å². The predicted molar refractivity (Wildman–Crippen MR) is 56.9 cm³/mol. The maximum atomic E-state index is 11.1. The zero-order valence-corrected chi connectivity index (χ0v) is 9.42. The van der Waals surface area contributed by atoms with Crippen LogP contribution in [0.3, 0.4) is 0 Å². The fourth-order valence-corrected chi connectivity index (χ4v) is 1.46. The van der Waals surface area contributed by atoms with Gasteiger partial charge >= 0.3 is 10.4 Å². The lowest BCUT2D eigenvalue weighted by Crippen LogP contribution is -2.31. The molecule has 0 aliphatic carbocycles. The Bertz CT molecular complexity index is 313. The van der Waals surface area contributed by atoms with Gasteiger partial charge in [-0.3, -0.25) is 0 Å². The van der Waals surface area contributed by atoms with Gasteiger partial charge in [-0.05, 0) is 6.92 Å². The van der Waals surface area contributed by atoms with Crippen LogP contribution in [-0.4, -0.2) is 27.7 Å². The highest BCUT2D eigenvalue weighted by atomic mass is 32.3. The summed E-state index contributed by atoms with van der Waals surface area (Å²) < 4.78 is 31.2. The first-order valence-corrected chi connectivity index (χ1v) is 5.57. The maximum absolute atomic E-state index is 11.1. The molecule has 3 N–H and O–H groups in total. The van der Waals surface area contributed by atoms with Gasteiger partial charge in [-0.25, -0.2) is 8.37 Å². The summed E-state index contributed by atoms with van der Waals surface area (Å²) >= 11 is 0. The summed E-state index contributed by atoms with van der Waals surface area (Å²) in [6.07, 6.45) is 0.714. The third-order valence-electron chi connectivity index (χ3n) is 1.23. The molecule has 0 radical (unpaired) electrons. The minimum atomic E-state index is -3.97. The lowest BCUT2D eigenvalue weighted by Gasteiger charge is -2.13. The van der Waals surface area contributed by atoms with Crippen LogP contribution in [0.2, 0.25) is 0 Å². The van der Waals surface area contributed by atoms with Crippen LogP contribution in [0.5, 0.6) is 0 Å². The van der Waals surface area contributed by atoms with Crippen molar-refractivity contribution in [2.75, 3.05) is 13.2 Å². The van der Waals surface area contributed by atoms with Crippen LogP contribution >= 0.6 is 0 Å². The molecule has 0 aromatic carbocycles. The minimum Gasteiger partial charge on any atom is -0.386 e. The number of hydrogen-bond acceptors (Lipinski definition) is 6. The fraction of sp³-hybridized carbons (Fsp3) is 0.500. The van der Waals surface area contributed by atoms with Gasteiger partial charge in [0, 0.05) is 6.54 Å². The Labute approximate surface area is 90.1 Å². The molecule has 0 aliphatic rings. The van der Waals surface area contributed by atoms with Crippen molar-refractivity contribution in [1.29, 1.82) is 0 Å². The first kappa shape index (κ1) is 13.9. The Balaban J connectivity index is 3.98. The molecular weight excluding hydrogens is 220 g/mol. The Morgan fingerprint density at radius 3 is 2.73 bits per heavy atom. The van der Waals surface area contributed by atoms with Crippen molar-refractivity contribution in [1.82, 2.24) is 5.32 Å². The molecule has 0 aromatic heterocycles. The van der Waals surface area contributed by atoms with Crippen LogP contribution in [0.25, 0.3) is 0 Å². The highest BCUT2D eigenvalue weighted by molar-refractivity contribution is 7.81. The Morgan fingerprint density at radius 1 is 1.67 bits per heavy atom. The van der Waals surface area contributed by atoms with Crippen molar-refractivity contribution in [2.24, 2.45) is 5.73 Å². The van der Waals surface area contributed by atoms with Gasteiger partial charge in [0.1, 0.15) is 0 Å². The van der Waals surface area contributed by atoms with E-state index in [1.54, 1.807) is 6.92 Å².